The summed E-state index contributed by atoms with van der Waals surface area (Å²) >= 11 is 3.47. The second-order valence-corrected chi connectivity index (χ2v) is 7.04. The first-order valence-electron chi connectivity index (χ1n) is 7.92. The van der Waals surface area contributed by atoms with Crippen molar-refractivity contribution in [3.63, 3.8) is 0 Å². The van der Waals surface area contributed by atoms with Gasteiger partial charge in [-0.25, -0.2) is 4.98 Å². The zero-order chi connectivity index (χ0) is 15.8. The molecule has 0 bridgehead atoms. The molecule has 0 aliphatic carbocycles. The molecule has 3 heterocycles. The van der Waals surface area contributed by atoms with E-state index in [2.05, 4.69) is 25.5 Å². The van der Waals surface area contributed by atoms with Crippen molar-refractivity contribution in [2.24, 2.45) is 0 Å². The molecule has 0 spiro atoms. The van der Waals surface area contributed by atoms with Gasteiger partial charge in [-0.1, -0.05) is 15.9 Å². The molecule has 4 rings (SSSR count). The summed E-state index contributed by atoms with van der Waals surface area (Å²) in [7, 11) is 0. The predicted molar refractivity (Wildman–Crippen MR) is 89.3 cm³/mol. The quantitative estimate of drug-likeness (QED) is 0.810. The fraction of sp³-hybridized carbons (Fsp3) is 0.412. The molecule has 2 aromatic rings. The first-order valence-corrected chi connectivity index (χ1v) is 8.71. The maximum Gasteiger partial charge on any atom is 0.263 e. The minimum atomic E-state index is -0.371. The number of ether oxygens (including phenoxy) is 1. The van der Waals surface area contributed by atoms with E-state index in [-0.39, 0.29) is 12.0 Å². The molecule has 6 heteroatoms. The average Bonchev–Trinajstić information content (AvgIpc) is 3.23. The summed E-state index contributed by atoms with van der Waals surface area (Å²) in [5.74, 6) is 0.946. The first-order chi connectivity index (χ1) is 11.2. The number of amides is 1. The molecular formula is C17H18BrN3O2. The van der Waals surface area contributed by atoms with Gasteiger partial charge in [-0.2, -0.15) is 0 Å². The molecular weight excluding hydrogens is 358 g/mol. The maximum atomic E-state index is 12.7. The van der Waals surface area contributed by atoms with Crippen LogP contribution in [0, 0.1) is 0 Å². The molecule has 0 saturated carbocycles. The maximum absolute atomic E-state index is 12.7. The van der Waals surface area contributed by atoms with Gasteiger partial charge in [0.1, 0.15) is 5.75 Å². The van der Waals surface area contributed by atoms with Crippen molar-refractivity contribution in [1.29, 1.82) is 0 Å². The highest BCUT2D eigenvalue weighted by Crippen LogP contribution is 2.32. The zero-order valence-corrected chi connectivity index (χ0v) is 14.3. The van der Waals surface area contributed by atoms with Crippen LogP contribution in [0.5, 0.6) is 5.75 Å². The number of imidazole rings is 1. The summed E-state index contributed by atoms with van der Waals surface area (Å²) in [6, 6.07) is 6.35. The lowest BCUT2D eigenvalue weighted by Gasteiger charge is -2.33. The minimum absolute atomic E-state index is 0.112. The van der Waals surface area contributed by atoms with Gasteiger partial charge in [0.15, 0.2) is 6.10 Å². The topological polar surface area (TPSA) is 47.4 Å². The monoisotopic (exact) mass is 375 g/mol. The number of carbonyl (C=O) groups excluding carboxylic acids is 1. The van der Waals surface area contributed by atoms with Gasteiger partial charge in [0.25, 0.3) is 5.91 Å². The molecule has 1 atom stereocenters. The van der Waals surface area contributed by atoms with Gasteiger partial charge in [0.2, 0.25) is 0 Å². The number of benzene rings is 1. The van der Waals surface area contributed by atoms with E-state index in [4.69, 9.17) is 4.74 Å². The number of piperidine rings is 1. The van der Waals surface area contributed by atoms with Crippen LogP contribution in [0.25, 0.3) is 0 Å². The molecule has 0 N–H and O–H groups in total. The van der Waals surface area contributed by atoms with Crippen LogP contribution in [-0.2, 0) is 11.2 Å². The van der Waals surface area contributed by atoms with E-state index < -0.39 is 0 Å². The van der Waals surface area contributed by atoms with E-state index >= 15 is 0 Å². The standard InChI is InChI=1S/C17H18BrN3O2/c18-13-1-2-15-12(9-13)10-16(23-15)17(22)20-6-3-14(4-7-20)21-8-5-19-11-21/h1-2,5,8-9,11,14,16H,3-4,6-7,10H2. The fourth-order valence-electron chi connectivity index (χ4n) is 3.43. The highest BCUT2D eigenvalue weighted by molar-refractivity contribution is 9.10. The van der Waals surface area contributed by atoms with Gasteiger partial charge in [-0.3, -0.25) is 4.79 Å². The molecule has 120 valence electrons. The van der Waals surface area contributed by atoms with E-state index in [9.17, 15) is 4.79 Å². The number of carbonyl (C=O) groups is 1. The van der Waals surface area contributed by atoms with Crippen LogP contribution in [0.4, 0.5) is 0 Å². The molecule has 2 aliphatic heterocycles. The number of nitrogens with zero attached hydrogens (tertiary/aromatic N) is 3. The van der Waals surface area contributed by atoms with Crippen molar-refractivity contribution < 1.29 is 9.53 Å². The van der Waals surface area contributed by atoms with Crippen molar-refractivity contribution in [3.8, 4) is 5.75 Å². The third kappa shape index (κ3) is 2.87. The summed E-state index contributed by atoms with van der Waals surface area (Å²) in [5, 5.41) is 0. The summed E-state index contributed by atoms with van der Waals surface area (Å²) in [5.41, 5.74) is 1.10. The Balaban J connectivity index is 1.38. The van der Waals surface area contributed by atoms with Crippen LogP contribution in [0.2, 0.25) is 0 Å². The zero-order valence-electron chi connectivity index (χ0n) is 12.7. The van der Waals surface area contributed by atoms with Crippen LogP contribution in [0.1, 0.15) is 24.4 Å². The Morgan fingerprint density at radius 2 is 2.13 bits per heavy atom. The highest BCUT2D eigenvalue weighted by Gasteiger charge is 2.34. The van der Waals surface area contributed by atoms with Gasteiger partial charge in [0.05, 0.1) is 6.33 Å². The number of fused-ring (bicyclic) bond motifs is 1. The van der Waals surface area contributed by atoms with E-state index in [0.717, 1.165) is 41.7 Å². The number of rotatable bonds is 2. The third-order valence-corrected chi connectivity index (χ3v) is 5.19. The predicted octanol–water partition coefficient (Wildman–Crippen LogP) is 2.81. The molecule has 1 fully saturated rings. The highest BCUT2D eigenvalue weighted by atomic mass is 79.9. The fourth-order valence-corrected chi connectivity index (χ4v) is 3.84. The summed E-state index contributed by atoms with van der Waals surface area (Å²) in [6.07, 6.45) is 7.88. The summed E-state index contributed by atoms with van der Waals surface area (Å²) < 4.78 is 9.01. The Hall–Kier alpha value is -1.82. The number of aromatic nitrogens is 2. The lowest BCUT2D eigenvalue weighted by molar-refractivity contribution is -0.139. The van der Waals surface area contributed by atoms with Gasteiger partial charge >= 0.3 is 0 Å². The van der Waals surface area contributed by atoms with E-state index in [1.54, 1.807) is 6.20 Å². The molecule has 1 saturated heterocycles. The molecule has 2 aliphatic rings. The van der Waals surface area contributed by atoms with Crippen LogP contribution in [-0.4, -0.2) is 39.6 Å². The van der Waals surface area contributed by atoms with Gasteiger partial charge in [-0.05, 0) is 36.6 Å². The molecule has 1 amide bonds. The molecule has 1 aromatic carbocycles. The van der Waals surface area contributed by atoms with Crippen LogP contribution in [0.15, 0.2) is 41.4 Å². The smallest absolute Gasteiger partial charge is 0.263 e. The molecule has 5 nitrogen and oxygen atoms in total. The lowest BCUT2D eigenvalue weighted by atomic mass is 10.0. The molecule has 23 heavy (non-hydrogen) atoms. The average molecular weight is 376 g/mol. The molecule has 1 unspecified atom stereocenters. The van der Waals surface area contributed by atoms with Crippen LogP contribution < -0.4 is 4.74 Å². The van der Waals surface area contributed by atoms with E-state index in [0.29, 0.717) is 12.5 Å². The molecule has 0 radical (unpaired) electrons. The number of hydrogen-bond donors (Lipinski definition) is 0. The molecule has 1 aromatic heterocycles. The van der Waals surface area contributed by atoms with E-state index in [1.165, 1.54) is 0 Å². The third-order valence-electron chi connectivity index (χ3n) is 4.70. The van der Waals surface area contributed by atoms with Crippen molar-refractivity contribution in [1.82, 2.24) is 14.5 Å². The summed E-state index contributed by atoms with van der Waals surface area (Å²) in [6.45, 7) is 1.56. The number of halogens is 1. The Kier molecular flexibility index (Phi) is 3.85. The van der Waals surface area contributed by atoms with Crippen molar-refractivity contribution in [3.05, 3.63) is 47.0 Å². The Morgan fingerprint density at radius 3 is 2.87 bits per heavy atom. The Bertz CT molecular complexity index is 709. The second-order valence-electron chi connectivity index (χ2n) is 6.13. The Labute approximate surface area is 143 Å². The van der Waals surface area contributed by atoms with Crippen molar-refractivity contribution in [2.45, 2.75) is 31.4 Å². The lowest BCUT2D eigenvalue weighted by Crippen LogP contribution is -2.45. The van der Waals surface area contributed by atoms with Gasteiger partial charge < -0.3 is 14.2 Å². The van der Waals surface area contributed by atoms with Gasteiger partial charge in [0, 0.05) is 42.4 Å². The SMILES string of the molecule is O=C(C1Cc2cc(Br)ccc2O1)N1CCC(n2ccnc2)CC1. The number of hydrogen-bond acceptors (Lipinski definition) is 3. The number of likely N-dealkylation sites (tertiary alicyclic amines) is 1. The van der Waals surface area contributed by atoms with Gasteiger partial charge in [-0.15, -0.1) is 0 Å². The second kappa shape index (κ2) is 6.00. The summed E-state index contributed by atoms with van der Waals surface area (Å²) in [4.78, 5) is 18.8. The van der Waals surface area contributed by atoms with Crippen molar-refractivity contribution >= 4 is 21.8 Å². The normalized spacial score (nSPS) is 21.1. The van der Waals surface area contributed by atoms with Crippen LogP contribution in [0.3, 0.4) is 0 Å². The van der Waals surface area contributed by atoms with Crippen molar-refractivity contribution in [2.75, 3.05) is 13.1 Å². The first kappa shape index (κ1) is 14.8. The van der Waals surface area contributed by atoms with Crippen LogP contribution >= 0.6 is 15.9 Å². The van der Waals surface area contributed by atoms with E-state index in [1.807, 2.05) is 35.6 Å². The largest absolute Gasteiger partial charge is 0.480 e. The minimum Gasteiger partial charge on any atom is -0.480 e. The Morgan fingerprint density at radius 1 is 1.30 bits per heavy atom.